The summed E-state index contributed by atoms with van der Waals surface area (Å²) in [7, 11) is 1.63. The molecule has 0 bridgehead atoms. The number of nitrogens with one attached hydrogen (secondary N) is 2. The minimum atomic E-state index is -0.299. The van der Waals surface area contributed by atoms with Crippen LogP contribution in [0.2, 0.25) is 10.0 Å². The van der Waals surface area contributed by atoms with E-state index in [4.69, 9.17) is 27.9 Å². The van der Waals surface area contributed by atoms with Gasteiger partial charge < -0.3 is 15.4 Å². The molecule has 0 aliphatic heterocycles. The Morgan fingerprint density at radius 1 is 1.09 bits per heavy atom. The van der Waals surface area contributed by atoms with Crippen LogP contribution in [0.3, 0.4) is 0 Å². The largest absolute Gasteiger partial charge is 0.497 e. The van der Waals surface area contributed by atoms with Crippen LogP contribution in [-0.4, -0.2) is 19.7 Å². The zero-order chi connectivity index (χ0) is 15.9. The van der Waals surface area contributed by atoms with Crippen molar-refractivity contribution in [1.29, 1.82) is 0 Å². The Balaban J connectivity index is 1.79. The van der Waals surface area contributed by atoms with E-state index in [1.807, 2.05) is 24.3 Å². The predicted octanol–water partition coefficient (Wildman–Crippen LogP) is 4.37. The van der Waals surface area contributed by atoms with Gasteiger partial charge >= 0.3 is 6.03 Å². The molecule has 0 aromatic heterocycles. The van der Waals surface area contributed by atoms with Crippen LogP contribution in [0.1, 0.15) is 5.56 Å². The molecule has 0 atom stereocenters. The van der Waals surface area contributed by atoms with Gasteiger partial charge in [-0.3, -0.25) is 0 Å². The van der Waals surface area contributed by atoms with E-state index in [2.05, 4.69) is 10.6 Å². The van der Waals surface area contributed by atoms with E-state index < -0.39 is 0 Å². The summed E-state index contributed by atoms with van der Waals surface area (Å²) in [6.07, 6.45) is 0.730. The molecule has 0 spiro atoms. The second-order valence-electron chi connectivity index (χ2n) is 4.64. The van der Waals surface area contributed by atoms with Gasteiger partial charge in [-0.2, -0.15) is 0 Å². The van der Waals surface area contributed by atoms with Crippen molar-refractivity contribution in [3.63, 3.8) is 0 Å². The lowest BCUT2D eigenvalue weighted by Crippen LogP contribution is -2.30. The summed E-state index contributed by atoms with van der Waals surface area (Å²) in [5, 5.41) is 6.42. The van der Waals surface area contributed by atoms with E-state index in [-0.39, 0.29) is 6.03 Å². The van der Waals surface area contributed by atoms with E-state index in [1.165, 1.54) is 0 Å². The zero-order valence-corrected chi connectivity index (χ0v) is 13.5. The summed E-state index contributed by atoms with van der Waals surface area (Å²) in [6.45, 7) is 0.520. The van der Waals surface area contributed by atoms with Gasteiger partial charge in [0.15, 0.2) is 0 Å². The number of benzene rings is 2. The third kappa shape index (κ3) is 5.13. The number of halogens is 2. The van der Waals surface area contributed by atoms with Gasteiger partial charge in [-0.15, -0.1) is 0 Å². The molecule has 0 fully saturated rings. The van der Waals surface area contributed by atoms with E-state index in [0.717, 1.165) is 17.7 Å². The highest BCUT2D eigenvalue weighted by Gasteiger charge is 2.04. The van der Waals surface area contributed by atoms with Crippen molar-refractivity contribution in [3.8, 4) is 5.75 Å². The number of anilines is 1. The quantitative estimate of drug-likeness (QED) is 0.850. The van der Waals surface area contributed by atoms with Gasteiger partial charge in [-0.25, -0.2) is 4.79 Å². The summed E-state index contributed by atoms with van der Waals surface area (Å²) in [6, 6.07) is 12.3. The summed E-state index contributed by atoms with van der Waals surface area (Å²) in [4.78, 5) is 11.8. The summed E-state index contributed by atoms with van der Waals surface area (Å²) in [5.41, 5.74) is 1.67. The number of amides is 2. The maximum absolute atomic E-state index is 11.8. The molecule has 2 amide bonds. The monoisotopic (exact) mass is 338 g/mol. The number of carbonyl (C=O) groups is 1. The fourth-order valence-electron chi connectivity index (χ4n) is 1.91. The Labute approximate surface area is 139 Å². The van der Waals surface area contributed by atoms with Gasteiger partial charge in [-0.05, 0) is 42.3 Å². The van der Waals surface area contributed by atoms with E-state index >= 15 is 0 Å². The average Bonchev–Trinajstić information content (AvgIpc) is 2.47. The number of hydrogen-bond acceptors (Lipinski definition) is 2. The molecule has 2 rings (SSSR count). The lowest BCUT2D eigenvalue weighted by atomic mass is 10.1. The Hall–Kier alpha value is -1.91. The third-order valence-electron chi connectivity index (χ3n) is 2.98. The molecule has 0 unspecified atom stereocenters. The smallest absolute Gasteiger partial charge is 0.319 e. The first-order valence-electron chi connectivity index (χ1n) is 6.70. The van der Waals surface area contributed by atoms with Gasteiger partial charge in [0.2, 0.25) is 0 Å². The number of rotatable bonds is 5. The zero-order valence-electron chi connectivity index (χ0n) is 12.0. The fourth-order valence-corrected chi connectivity index (χ4v) is 2.44. The lowest BCUT2D eigenvalue weighted by Gasteiger charge is -2.09. The molecule has 0 heterocycles. The van der Waals surface area contributed by atoms with Crippen molar-refractivity contribution in [2.45, 2.75) is 6.42 Å². The summed E-state index contributed by atoms with van der Waals surface area (Å²) >= 11 is 11.8. The number of urea groups is 1. The minimum absolute atomic E-state index is 0.299. The molecule has 116 valence electrons. The Bertz CT molecular complexity index is 625. The molecule has 2 aromatic rings. The van der Waals surface area contributed by atoms with Crippen molar-refractivity contribution < 1.29 is 9.53 Å². The molecular formula is C16H16Cl2N2O2. The van der Waals surface area contributed by atoms with Crippen LogP contribution >= 0.6 is 23.2 Å². The SMILES string of the molecule is COc1ccc(CCNC(=O)Nc2cc(Cl)cc(Cl)c2)cc1. The first-order chi connectivity index (χ1) is 10.6. The summed E-state index contributed by atoms with van der Waals surface area (Å²) in [5.74, 6) is 0.812. The fraction of sp³-hybridized carbons (Fsp3) is 0.188. The van der Waals surface area contributed by atoms with Gasteiger partial charge in [0.1, 0.15) is 5.75 Å². The standard InChI is InChI=1S/C16H16Cl2N2O2/c1-22-15-4-2-11(3-5-15)6-7-19-16(21)20-14-9-12(17)8-13(18)10-14/h2-5,8-10H,6-7H2,1H3,(H2,19,20,21). The third-order valence-corrected chi connectivity index (χ3v) is 3.42. The van der Waals surface area contributed by atoms with E-state index in [1.54, 1.807) is 25.3 Å². The molecule has 0 aliphatic carbocycles. The van der Waals surface area contributed by atoms with E-state index in [0.29, 0.717) is 22.3 Å². The molecule has 22 heavy (non-hydrogen) atoms. The molecular weight excluding hydrogens is 323 g/mol. The van der Waals surface area contributed by atoms with Crippen molar-refractivity contribution >= 4 is 34.9 Å². The molecule has 2 N–H and O–H groups in total. The van der Waals surface area contributed by atoms with E-state index in [9.17, 15) is 4.79 Å². The normalized spacial score (nSPS) is 10.1. The summed E-state index contributed by atoms with van der Waals surface area (Å²) < 4.78 is 5.10. The van der Waals surface area contributed by atoms with Crippen LogP contribution in [0.15, 0.2) is 42.5 Å². The Morgan fingerprint density at radius 2 is 1.73 bits per heavy atom. The second-order valence-corrected chi connectivity index (χ2v) is 5.51. The number of carbonyl (C=O) groups excluding carboxylic acids is 1. The van der Waals surface area contributed by atoms with Gasteiger partial charge in [0.25, 0.3) is 0 Å². The van der Waals surface area contributed by atoms with Crippen LogP contribution in [0.5, 0.6) is 5.75 Å². The van der Waals surface area contributed by atoms with Crippen LogP contribution in [0.4, 0.5) is 10.5 Å². The molecule has 0 saturated heterocycles. The van der Waals surface area contributed by atoms with Gasteiger partial charge in [-0.1, -0.05) is 35.3 Å². The topological polar surface area (TPSA) is 50.4 Å². The average molecular weight is 339 g/mol. The maximum Gasteiger partial charge on any atom is 0.319 e. The number of ether oxygens (including phenoxy) is 1. The first kappa shape index (κ1) is 16.5. The molecule has 2 aromatic carbocycles. The second kappa shape index (κ2) is 7.92. The van der Waals surface area contributed by atoms with Crippen molar-refractivity contribution in [1.82, 2.24) is 5.32 Å². The van der Waals surface area contributed by atoms with Crippen LogP contribution < -0.4 is 15.4 Å². The van der Waals surface area contributed by atoms with Crippen molar-refractivity contribution in [3.05, 3.63) is 58.1 Å². The van der Waals surface area contributed by atoms with Crippen molar-refractivity contribution in [2.75, 3.05) is 19.0 Å². The maximum atomic E-state index is 11.8. The molecule has 0 aliphatic rings. The Kier molecular flexibility index (Phi) is 5.92. The van der Waals surface area contributed by atoms with Gasteiger partial charge in [0.05, 0.1) is 7.11 Å². The van der Waals surface area contributed by atoms with Gasteiger partial charge in [0, 0.05) is 22.3 Å². The highest BCUT2D eigenvalue weighted by molar-refractivity contribution is 6.35. The number of methoxy groups -OCH3 is 1. The van der Waals surface area contributed by atoms with Crippen LogP contribution in [0.25, 0.3) is 0 Å². The number of hydrogen-bond donors (Lipinski definition) is 2. The highest BCUT2D eigenvalue weighted by atomic mass is 35.5. The first-order valence-corrected chi connectivity index (χ1v) is 7.46. The molecule has 0 saturated carbocycles. The van der Waals surface area contributed by atoms with Crippen LogP contribution in [-0.2, 0) is 6.42 Å². The molecule has 0 radical (unpaired) electrons. The molecule has 6 heteroatoms. The highest BCUT2D eigenvalue weighted by Crippen LogP contribution is 2.22. The minimum Gasteiger partial charge on any atom is -0.497 e. The lowest BCUT2D eigenvalue weighted by molar-refractivity contribution is 0.252. The van der Waals surface area contributed by atoms with Crippen LogP contribution in [0, 0.1) is 0 Å². The predicted molar refractivity (Wildman–Crippen MR) is 90.2 cm³/mol. The van der Waals surface area contributed by atoms with Crippen molar-refractivity contribution in [2.24, 2.45) is 0 Å². The Morgan fingerprint density at radius 3 is 2.32 bits per heavy atom. The molecule has 4 nitrogen and oxygen atoms in total.